The first-order chi connectivity index (χ1) is 13.8. The lowest BCUT2D eigenvalue weighted by atomic mass is 10.1. The summed E-state index contributed by atoms with van der Waals surface area (Å²) in [7, 11) is 1.72. The first kappa shape index (κ1) is 20.8. The number of hydrogen-bond acceptors (Lipinski definition) is 6. The lowest BCUT2D eigenvalue weighted by Gasteiger charge is -2.05. The molecule has 8 nitrogen and oxygen atoms in total. The first-order valence-corrected chi connectivity index (χ1v) is 9.83. The fourth-order valence-corrected chi connectivity index (χ4v) is 3.63. The number of aryl methyl sites for hydroxylation is 1. The van der Waals surface area contributed by atoms with Gasteiger partial charge in [0.1, 0.15) is 10.6 Å². The van der Waals surface area contributed by atoms with E-state index in [-0.39, 0.29) is 15.7 Å². The lowest BCUT2D eigenvalue weighted by molar-refractivity contribution is 0.0702. The normalized spacial score (nSPS) is 11.3. The molecule has 2 heterocycles. The Hall–Kier alpha value is -2.95. The van der Waals surface area contributed by atoms with Crippen LogP contribution in [0.4, 0.5) is 5.00 Å². The number of benzene rings is 1. The van der Waals surface area contributed by atoms with Crippen molar-refractivity contribution in [3.05, 3.63) is 52.0 Å². The van der Waals surface area contributed by atoms with E-state index in [0.717, 1.165) is 16.9 Å². The maximum atomic E-state index is 10.9. The number of rotatable bonds is 5. The molecule has 0 radical (unpaired) electrons. The maximum Gasteiger partial charge on any atom is 0.345 e. The third-order valence-corrected chi connectivity index (χ3v) is 5.30. The Balaban J connectivity index is 1.74. The Morgan fingerprint density at radius 1 is 1.28 bits per heavy atom. The van der Waals surface area contributed by atoms with Crippen LogP contribution in [-0.2, 0) is 7.05 Å². The van der Waals surface area contributed by atoms with Crippen molar-refractivity contribution in [3.63, 3.8) is 0 Å². The van der Waals surface area contributed by atoms with Gasteiger partial charge in [-0.2, -0.15) is 10.2 Å². The minimum atomic E-state index is -1.00. The number of aromatic carboxylic acids is 1. The standard InChI is InChI=1S/C18H16ClN5O3S2/c1-9(21-22-18(28)20-13-8-7-12(29-13)17(26)27)14-16(25)15(24(2)23-14)10-3-5-11(19)6-4-10/h3-8,25H,1-2H3,(H,26,27)(H2,20,22,28)/b21-9+. The summed E-state index contributed by atoms with van der Waals surface area (Å²) in [6, 6.07) is 10.1. The number of carbonyl (C=O) groups is 1. The second-order valence-corrected chi connectivity index (χ2v) is 7.84. The molecule has 3 rings (SSSR count). The molecule has 0 aliphatic carbocycles. The van der Waals surface area contributed by atoms with E-state index in [1.54, 1.807) is 49.0 Å². The summed E-state index contributed by atoms with van der Waals surface area (Å²) in [4.78, 5) is 11.1. The van der Waals surface area contributed by atoms with Crippen LogP contribution in [0.3, 0.4) is 0 Å². The molecule has 0 aliphatic heterocycles. The van der Waals surface area contributed by atoms with E-state index in [1.807, 2.05) is 0 Å². The van der Waals surface area contributed by atoms with Gasteiger partial charge in [-0.15, -0.1) is 11.3 Å². The van der Waals surface area contributed by atoms with Gasteiger partial charge in [0.15, 0.2) is 16.6 Å². The summed E-state index contributed by atoms with van der Waals surface area (Å²) < 4.78 is 1.56. The Morgan fingerprint density at radius 3 is 2.59 bits per heavy atom. The van der Waals surface area contributed by atoms with Crippen LogP contribution in [0.25, 0.3) is 11.3 Å². The summed E-state index contributed by atoms with van der Waals surface area (Å²) in [5.41, 5.74) is 4.68. The van der Waals surface area contributed by atoms with Crippen molar-refractivity contribution >= 4 is 57.0 Å². The molecule has 0 fully saturated rings. The van der Waals surface area contributed by atoms with Gasteiger partial charge >= 0.3 is 5.97 Å². The van der Waals surface area contributed by atoms with Crippen molar-refractivity contribution in [1.29, 1.82) is 0 Å². The van der Waals surface area contributed by atoms with Gasteiger partial charge < -0.3 is 15.5 Å². The molecule has 29 heavy (non-hydrogen) atoms. The number of carboxylic acid groups (broad SMARTS) is 1. The van der Waals surface area contributed by atoms with E-state index >= 15 is 0 Å². The van der Waals surface area contributed by atoms with E-state index in [0.29, 0.717) is 27.1 Å². The smallest absolute Gasteiger partial charge is 0.345 e. The van der Waals surface area contributed by atoms with Crippen LogP contribution < -0.4 is 10.7 Å². The largest absolute Gasteiger partial charge is 0.504 e. The highest BCUT2D eigenvalue weighted by Gasteiger charge is 2.19. The zero-order chi connectivity index (χ0) is 21.1. The van der Waals surface area contributed by atoms with Crippen LogP contribution in [0.1, 0.15) is 22.3 Å². The van der Waals surface area contributed by atoms with Gasteiger partial charge in [-0.3, -0.25) is 10.1 Å². The lowest BCUT2D eigenvalue weighted by Crippen LogP contribution is -2.24. The molecule has 0 aliphatic rings. The number of thiocarbonyl (C=S) groups is 1. The van der Waals surface area contributed by atoms with E-state index in [1.165, 1.54) is 6.07 Å². The maximum absolute atomic E-state index is 10.9. The summed E-state index contributed by atoms with van der Waals surface area (Å²) in [5, 5.41) is 32.3. The van der Waals surface area contributed by atoms with E-state index in [4.69, 9.17) is 28.9 Å². The second-order valence-electron chi connectivity index (χ2n) is 5.91. The highest BCUT2D eigenvalue weighted by atomic mass is 35.5. The van der Waals surface area contributed by atoms with Crippen LogP contribution in [0.15, 0.2) is 41.5 Å². The minimum absolute atomic E-state index is 0.0129. The van der Waals surface area contributed by atoms with E-state index in [9.17, 15) is 9.90 Å². The fourth-order valence-electron chi connectivity index (χ4n) is 2.54. The Kier molecular flexibility index (Phi) is 6.16. The number of thiophene rings is 1. The fraction of sp³-hybridized carbons (Fsp3) is 0.111. The summed E-state index contributed by atoms with van der Waals surface area (Å²) in [5.74, 6) is -1.01. The van der Waals surface area contributed by atoms with E-state index in [2.05, 4.69) is 20.9 Å². The number of hydrogen-bond donors (Lipinski definition) is 4. The second kappa shape index (κ2) is 8.60. The molecule has 0 atom stereocenters. The number of halogens is 1. The van der Waals surface area contributed by atoms with Gasteiger partial charge in [0.2, 0.25) is 0 Å². The molecule has 4 N–H and O–H groups in total. The molecule has 150 valence electrons. The monoisotopic (exact) mass is 449 g/mol. The average molecular weight is 450 g/mol. The molecule has 0 unspecified atom stereocenters. The first-order valence-electron chi connectivity index (χ1n) is 8.23. The SMILES string of the molecule is C/C(=N\NC(=S)Nc1ccc(C(=O)O)s1)c1nn(C)c(-c2ccc(Cl)cc2)c1O. The summed E-state index contributed by atoms with van der Waals surface area (Å²) >= 11 is 12.1. The predicted molar refractivity (Wildman–Crippen MR) is 118 cm³/mol. The number of carboxylic acids is 1. The third-order valence-electron chi connectivity index (χ3n) is 3.86. The van der Waals surface area contributed by atoms with E-state index < -0.39 is 5.97 Å². The zero-order valence-electron chi connectivity index (χ0n) is 15.3. The van der Waals surface area contributed by atoms with Gasteiger partial charge in [-0.1, -0.05) is 23.7 Å². The van der Waals surface area contributed by atoms with Gasteiger partial charge in [0.25, 0.3) is 0 Å². The molecule has 3 aromatic rings. The topological polar surface area (TPSA) is 112 Å². The molecule has 11 heteroatoms. The van der Waals surface area contributed by atoms with Crippen molar-refractivity contribution in [1.82, 2.24) is 15.2 Å². The van der Waals surface area contributed by atoms with Crippen molar-refractivity contribution in [2.75, 3.05) is 5.32 Å². The molecule has 1 aromatic carbocycles. The van der Waals surface area contributed by atoms with Crippen LogP contribution in [-0.4, -0.2) is 36.8 Å². The quantitative estimate of drug-likeness (QED) is 0.265. The Bertz CT molecular complexity index is 1110. The zero-order valence-corrected chi connectivity index (χ0v) is 17.7. The molecular weight excluding hydrogens is 434 g/mol. The minimum Gasteiger partial charge on any atom is -0.504 e. The van der Waals surface area contributed by atoms with Crippen LogP contribution >= 0.6 is 35.2 Å². The van der Waals surface area contributed by atoms with Crippen LogP contribution in [0.2, 0.25) is 5.02 Å². The number of nitrogens with zero attached hydrogens (tertiary/aromatic N) is 3. The molecular formula is C18H16ClN5O3S2. The van der Waals surface area contributed by atoms with Crippen LogP contribution in [0.5, 0.6) is 5.75 Å². The molecule has 0 spiro atoms. The van der Waals surface area contributed by atoms with Crippen molar-refractivity contribution in [2.45, 2.75) is 6.92 Å². The summed E-state index contributed by atoms with van der Waals surface area (Å²) in [6.45, 7) is 1.68. The molecule has 0 saturated carbocycles. The average Bonchev–Trinajstić information content (AvgIpc) is 3.25. The third kappa shape index (κ3) is 4.73. The summed E-state index contributed by atoms with van der Waals surface area (Å²) in [6.07, 6.45) is 0. The van der Waals surface area contributed by atoms with Gasteiger partial charge in [-0.05, 0) is 43.4 Å². The van der Waals surface area contributed by atoms with Crippen molar-refractivity contribution < 1.29 is 15.0 Å². The predicted octanol–water partition coefficient (Wildman–Crippen LogP) is 3.92. The molecule has 0 bridgehead atoms. The van der Waals surface area contributed by atoms with Gasteiger partial charge in [0, 0.05) is 17.6 Å². The highest BCUT2D eigenvalue weighted by molar-refractivity contribution is 7.80. The number of anilines is 1. The molecule has 0 amide bonds. The molecule has 2 aromatic heterocycles. The van der Waals surface area contributed by atoms with Crippen molar-refractivity contribution in [2.24, 2.45) is 12.1 Å². The highest BCUT2D eigenvalue weighted by Crippen LogP contribution is 2.32. The van der Waals surface area contributed by atoms with Gasteiger partial charge in [-0.25, -0.2) is 4.79 Å². The number of hydrazone groups is 1. The molecule has 0 saturated heterocycles. The Morgan fingerprint density at radius 2 is 1.97 bits per heavy atom. The van der Waals surface area contributed by atoms with Crippen LogP contribution in [0, 0.1) is 0 Å². The number of aromatic nitrogens is 2. The number of nitrogens with one attached hydrogen (secondary N) is 2. The van der Waals surface area contributed by atoms with Crippen molar-refractivity contribution in [3.8, 4) is 17.0 Å². The van der Waals surface area contributed by atoms with Gasteiger partial charge in [0.05, 0.1) is 10.7 Å². The number of aromatic hydroxyl groups is 1. The Labute approximate surface area is 180 Å².